The highest BCUT2D eigenvalue weighted by Crippen LogP contribution is 2.18. The van der Waals surface area contributed by atoms with Gasteiger partial charge in [0, 0.05) is 13.7 Å². The standard InChI is InChI=1S/C14H15FO/c1-16-8-2-3-11-4-5-13-10-14(15)7-6-12(13)9-11/h4-7,9-10H,2-3,8H2,1H3. The first-order valence-corrected chi connectivity index (χ1v) is 5.47. The number of aryl methyl sites for hydroxylation is 1. The Hall–Kier alpha value is -1.41. The van der Waals surface area contributed by atoms with Crippen molar-refractivity contribution in [3.63, 3.8) is 0 Å². The lowest BCUT2D eigenvalue weighted by Crippen LogP contribution is -1.92. The van der Waals surface area contributed by atoms with Gasteiger partial charge in [-0.1, -0.05) is 24.3 Å². The van der Waals surface area contributed by atoms with E-state index in [0.717, 1.165) is 30.2 Å². The minimum atomic E-state index is -0.181. The monoisotopic (exact) mass is 218 g/mol. The maximum absolute atomic E-state index is 13.0. The third kappa shape index (κ3) is 2.58. The van der Waals surface area contributed by atoms with E-state index in [1.807, 2.05) is 12.1 Å². The zero-order chi connectivity index (χ0) is 11.4. The fraction of sp³-hybridized carbons (Fsp3) is 0.286. The molecule has 2 rings (SSSR count). The van der Waals surface area contributed by atoms with Gasteiger partial charge < -0.3 is 4.74 Å². The molecule has 0 radical (unpaired) electrons. The summed E-state index contributed by atoms with van der Waals surface area (Å²) in [5.74, 6) is -0.181. The van der Waals surface area contributed by atoms with Crippen molar-refractivity contribution in [2.24, 2.45) is 0 Å². The molecule has 0 amide bonds. The van der Waals surface area contributed by atoms with Gasteiger partial charge in [-0.2, -0.15) is 0 Å². The van der Waals surface area contributed by atoms with E-state index < -0.39 is 0 Å². The second kappa shape index (κ2) is 5.08. The van der Waals surface area contributed by atoms with Crippen molar-refractivity contribution in [3.8, 4) is 0 Å². The van der Waals surface area contributed by atoms with Gasteiger partial charge in [-0.25, -0.2) is 4.39 Å². The topological polar surface area (TPSA) is 9.23 Å². The predicted octanol–water partition coefficient (Wildman–Crippen LogP) is 3.56. The van der Waals surface area contributed by atoms with E-state index in [1.165, 1.54) is 11.6 Å². The van der Waals surface area contributed by atoms with Gasteiger partial charge in [0.2, 0.25) is 0 Å². The van der Waals surface area contributed by atoms with E-state index in [4.69, 9.17) is 4.74 Å². The molecule has 16 heavy (non-hydrogen) atoms. The molecular formula is C14H15FO. The largest absolute Gasteiger partial charge is 0.385 e. The molecule has 0 N–H and O–H groups in total. The first-order chi connectivity index (χ1) is 7.79. The van der Waals surface area contributed by atoms with Crippen LogP contribution in [0, 0.1) is 5.82 Å². The van der Waals surface area contributed by atoms with Gasteiger partial charge in [-0.05, 0) is 41.3 Å². The van der Waals surface area contributed by atoms with Gasteiger partial charge in [-0.3, -0.25) is 0 Å². The third-order valence-corrected chi connectivity index (χ3v) is 2.68. The highest BCUT2D eigenvalue weighted by atomic mass is 19.1. The molecule has 2 aromatic carbocycles. The van der Waals surface area contributed by atoms with Crippen LogP contribution >= 0.6 is 0 Å². The summed E-state index contributed by atoms with van der Waals surface area (Å²) < 4.78 is 18.0. The van der Waals surface area contributed by atoms with Crippen LogP contribution in [0.1, 0.15) is 12.0 Å². The van der Waals surface area contributed by atoms with Gasteiger partial charge >= 0.3 is 0 Å². The molecule has 0 spiro atoms. The summed E-state index contributed by atoms with van der Waals surface area (Å²) in [4.78, 5) is 0. The molecule has 0 saturated carbocycles. The van der Waals surface area contributed by atoms with Crippen LogP contribution in [0.15, 0.2) is 36.4 Å². The van der Waals surface area contributed by atoms with Crippen LogP contribution in [0.2, 0.25) is 0 Å². The molecule has 0 saturated heterocycles. The van der Waals surface area contributed by atoms with Gasteiger partial charge in [0.15, 0.2) is 0 Å². The number of methoxy groups -OCH3 is 1. The number of ether oxygens (including phenoxy) is 1. The summed E-state index contributed by atoms with van der Waals surface area (Å²) in [7, 11) is 1.71. The molecule has 0 heterocycles. The number of benzene rings is 2. The number of fused-ring (bicyclic) bond motifs is 1. The van der Waals surface area contributed by atoms with E-state index in [-0.39, 0.29) is 5.82 Å². The summed E-state index contributed by atoms with van der Waals surface area (Å²) in [6.45, 7) is 0.779. The molecule has 2 aromatic rings. The second-order valence-electron chi connectivity index (χ2n) is 3.92. The quantitative estimate of drug-likeness (QED) is 0.713. The third-order valence-electron chi connectivity index (χ3n) is 2.68. The van der Waals surface area contributed by atoms with E-state index in [2.05, 4.69) is 12.1 Å². The minimum absolute atomic E-state index is 0.181. The average Bonchev–Trinajstić information content (AvgIpc) is 2.29. The lowest BCUT2D eigenvalue weighted by Gasteiger charge is -2.03. The van der Waals surface area contributed by atoms with Crippen molar-refractivity contribution < 1.29 is 9.13 Å². The SMILES string of the molecule is COCCCc1ccc2cc(F)ccc2c1. The minimum Gasteiger partial charge on any atom is -0.385 e. The van der Waals surface area contributed by atoms with Gasteiger partial charge in [0.25, 0.3) is 0 Å². The number of hydrogen-bond acceptors (Lipinski definition) is 1. The maximum Gasteiger partial charge on any atom is 0.123 e. The van der Waals surface area contributed by atoms with Crippen molar-refractivity contribution in [2.75, 3.05) is 13.7 Å². The first kappa shape index (κ1) is 11.1. The lowest BCUT2D eigenvalue weighted by atomic mass is 10.0. The van der Waals surface area contributed by atoms with Crippen LogP contribution in [-0.4, -0.2) is 13.7 Å². The zero-order valence-corrected chi connectivity index (χ0v) is 9.37. The summed E-state index contributed by atoms with van der Waals surface area (Å²) in [6, 6.07) is 11.0. The summed E-state index contributed by atoms with van der Waals surface area (Å²) in [6.07, 6.45) is 2.02. The Morgan fingerprint density at radius 1 is 1.06 bits per heavy atom. The van der Waals surface area contributed by atoms with Crippen LogP contribution < -0.4 is 0 Å². The molecule has 0 aliphatic rings. The first-order valence-electron chi connectivity index (χ1n) is 5.47. The van der Waals surface area contributed by atoms with E-state index in [0.29, 0.717) is 0 Å². The summed E-state index contributed by atoms with van der Waals surface area (Å²) >= 11 is 0. The Labute approximate surface area is 94.9 Å². The van der Waals surface area contributed by atoms with Crippen molar-refractivity contribution in [1.82, 2.24) is 0 Å². The molecule has 0 aromatic heterocycles. The molecule has 0 atom stereocenters. The fourth-order valence-electron chi connectivity index (χ4n) is 1.84. The highest BCUT2D eigenvalue weighted by Gasteiger charge is 1.98. The zero-order valence-electron chi connectivity index (χ0n) is 9.37. The van der Waals surface area contributed by atoms with Crippen LogP contribution in [0.25, 0.3) is 10.8 Å². The highest BCUT2D eigenvalue weighted by molar-refractivity contribution is 5.83. The molecular weight excluding hydrogens is 203 g/mol. The second-order valence-corrected chi connectivity index (χ2v) is 3.92. The Bertz CT molecular complexity index is 479. The maximum atomic E-state index is 13.0. The Morgan fingerprint density at radius 2 is 1.81 bits per heavy atom. The molecule has 2 heteroatoms. The van der Waals surface area contributed by atoms with Gasteiger partial charge in [0.1, 0.15) is 5.82 Å². The van der Waals surface area contributed by atoms with Crippen molar-refractivity contribution in [1.29, 1.82) is 0 Å². The number of hydrogen-bond donors (Lipinski definition) is 0. The average molecular weight is 218 g/mol. The fourth-order valence-corrected chi connectivity index (χ4v) is 1.84. The molecule has 84 valence electrons. The van der Waals surface area contributed by atoms with Crippen LogP contribution in [0.3, 0.4) is 0 Å². The van der Waals surface area contributed by atoms with Crippen LogP contribution in [0.5, 0.6) is 0 Å². The molecule has 0 aliphatic carbocycles. The van der Waals surface area contributed by atoms with E-state index in [9.17, 15) is 4.39 Å². The molecule has 0 bridgehead atoms. The van der Waals surface area contributed by atoms with Crippen molar-refractivity contribution in [2.45, 2.75) is 12.8 Å². The molecule has 0 aliphatic heterocycles. The normalized spacial score (nSPS) is 10.9. The van der Waals surface area contributed by atoms with Crippen molar-refractivity contribution >= 4 is 10.8 Å². The number of rotatable bonds is 4. The van der Waals surface area contributed by atoms with Gasteiger partial charge in [-0.15, -0.1) is 0 Å². The Kier molecular flexibility index (Phi) is 3.52. The van der Waals surface area contributed by atoms with E-state index >= 15 is 0 Å². The molecule has 0 unspecified atom stereocenters. The Morgan fingerprint density at radius 3 is 2.62 bits per heavy atom. The Balaban J connectivity index is 2.20. The smallest absolute Gasteiger partial charge is 0.123 e. The van der Waals surface area contributed by atoms with Crippen molar-refractivity contribution in [3.05, 3.63) is 47.8 Å². The van der Waals surface area contributed by atoms with Crippen LogP contribution in [0.4, 0.5) is 4.39 Å². The summed E-state index contributed by atoms with van der Waals surface area (Å²) in [5, 5.41) is 2.05. The summed E-state index contributed by atoms with van der Waals surface area (Å²) in [5.41, 5.74) is 1.27. The molecule has 0 fully saturated rings. The lowest BCUT2D eigenvalue weighted by molar-refractivity contribution is 0.195. The van der Waals surface area contributed by atoms with E-state index in [1.54, 1.807) is 13.2 Å². The predicted molar refractivity (Wildman–Crippen MR) is 64.1 cm³/mol. The van der Waals surface area contributed by atoms with Crippen LogP contribution in [-0.2, 0) is 11.2 Å². The molecule has 1 nitrogen and oxygen atoms in total. The van der Waals surface area contributed by atoms with Gasteiger partial charge in [0.05, 0.1) is 0 Å². The number of halogens is 1.